The van der Waals surface area contributed by atoms with Gasteiger partial charge < -0.3 is 9.88 Å². The number of alkyl halides is 2. The number of fused-ring (bicyclic) bond motifs is 1. The van der Waals surface area contributed by atoms with E-state index in [1.54, 1.807) is 18.3 Å². The van der Waals surface area contributed by atoms with E-state index in [9.17, 15) is 18.0 Å². The Labute approximate surface area is 169 Å². The van der Waals surface area contributed by atoms with Crippen LogP contribution in [0.25, 0.3) is 28.3 Å². The van der Waals surface area contributed by atoms with Crippen LogP contribution < -0.4 is 5.32 Å². The standard InChI is InChI=1S/C20H17F3N6O/c1-24-18(30)8-14-9-25-17-7-6-15(27-29(14)17)20-19(12-2-4-13(21)5-3-12)26-11-28(20)10-16(22)23/h2-7,9,11,16H,8,10H2,1H3,(H,24,30). The van der Waals surface area contributed by atoms with Crippen LogP contribution in [0.1, 0.15) is 5.69 Å². The molecule has 0 atom stereocenters. The first-order chi connectivity index (χ1) is 14.5. The summed E-state index contributed by atoms with van der Waals surface area (Å²) >= 11 is 0. The lowest BCUT2D eigenvalue weighted by Crippen LogP contribution is -2.21. The van der Waals surface area contributed by atoms with E-state index in [0.717, 1.165) is 0 Å². The highest BCUT2D eigenvalue weighted by Crippen LogP contribution is 2.31. The van der Waals surface area contributed by atoms with Crippen LogP contribution in [-0.4, -0.2) is 43.5 Å². The third kappa shape index (κ3) is 3.76. The highest BCUT2D eigenvalue weighted by Gasteiger charge is 2.20. The van der Waals surface area contributed by atoms with Crippen molar-refractivity contribution in [1.82, 2.24) is 29.5 Å². The average molecular weight is 414 g/mol. The summed E-state index contributed by atoms with van der Waals surface area (Å²) in [5.41, 5.74) is 2.77. The Balaban J connectivity index is 1.86. The molecule has 10 heteroatoms. The Morgan fingerprint density at radius 3 is 2.60 bits per heavy atom. The number of rotatable bonds is 6. The molecule has 0 bridgehead atoms. The SMILES string of the molecule is CNC(=O)Cc1cnc2ccc(-c3c(-c4ccc(F)cc4)ncn3CC(F)F)nn12. The second-order valence-electron chi connectivity index (χ2n) is 6.58. The number of carbonyl (C=O) groups excluding carboxylic acids is 1. The van der Waals surface area contributed by atoms with Crippen molar-refractivity contribution in [2.45, 2.75) is 19.4 Å². The van der Waals surface area contributed by atoms with E-state index in [2.05, 4.69) is 20.4 Å². The number of carbonyl (C=O) groups is 1. The molecule has 3 heterocycles. The van der Waals surface area contributed by atoms with Gasteiger partial charge in [-0.1, -0.05) is 0 Å². The number of nitrogens with zero attached hydrogens (tertiary/aromatic N) is 5. The normalized spacial score (nSPS) is 11.4. The van der Waals surface area contributed by atoms with E-state index >= 15 is 0 Å². The summed E-state index contributed by atoms with van der Waals surface area (Å²) in [7, 11) is 1.53. The predicted octanol–water partition coefficient (Wildman–Crippen LogP) is 2.95. The van der Waals surface area contributed by atoms with Crippen molar-refractivity contribution >= 4 is 11.6 Å². The molecule has 0 unspecified atom stereocenters. The third-order valence-electron chi connectivity index (χ3n) is 4.59. The first kappa shape index (κ1) is 19.6. The molecule has 1 aromatic carbocycles. The number of amides is 1. The fourth-order valence-electron chi connectivity index (χ4n) is 3.18. The van der Waals surface area contributed by atoms with E-state index in [4.69, 9.17) is 0 Å². The fourth-order valence-corrected chi connectivity index (χ4v) is 3.18. The summed E-state index contributed by atoms with van der Waals surface area (Å²) in [5.74, 6) is -0.622. The van der Waals surface area contributed by atoms with Gasteiger partial charge in [-0.15, -0.1) is 0 Å². The van der Waals surface area contributed by atoms with E-state index in [1.807, 2.05) is 0 Å². The largest absolute Gasteiger partial charge is 0.359 e. The Hall–Kier alpha value is -3.69. The van der Waals surface area contributed by atoms with Gasteiger partial charge in [-0.05, 0) is 36.4 Å². The number of hydrogen-bond donors (Lipinski definition) is 1. The van der Waals surface area contributed by atoms with Crippen LogP contribution in [0.4, 0.5) is 13.2 Å². The maximum atomic E-state index is 13.3. The number of nitrogens with one attached hydrogen (secondary N) is 1. The molecule has 3 aromatic heterocycles. The summed E-state index contributed by atoms with van der Waals surface area (Å²) in [6, 6.07) is 8.95. The van der Waals surface area contributed by atoms with Gasteiger partial charge in [0.25, 0.3) is 6.43 Å². The van der Waals surface area contributed by atoms with Crippen molar-refractivity contribution < 1.29 is 18.0 Å². The van der Waals surface area contributed by atoms with Crippen molar-refractivity contribution in [1.29, 1.82) is 0 Å². The minimum Gasteiger partial charge on any atom is -0.359 e. The quantitative estimate of drug-likeness (QED) is 0.526. The van der Waals surface area contributed by atoms with Gasteiger partial charge in [-0.2, -0.15) is 5.10 Å². The van der Waals surface area contributed by atoms with Crippen molar-refractivity contribution in [3.05, 3.63) is 60.4 Å². The molecule has 0 aliphatic carbocycles. The average Bonchev–Trinajstić information content (AvgIpc) is 3.32. The molecule has 0 aliphatic rings. The summed E-state index contributed by atoms with van der Waals surface area (Å²) in [4.78, 5) is 20.3. The number of hydrogen-bond acceptors (Lipinski definition) is 4. The number of likely N-dealkylation sites (N-methyl/N-ethyl adjacent to an activating group) is 1. The van der Waals surface area contributed by atoms with Gasteiger partial charge in [-0.25, -0.2) is 27.7 Å². The van der Waals surface area contributed by atoms with Gasteiger partial charge in [0.1, 0.15) is 11.5 Å². The topological polar surface area (TPSA) is 77.1 Å². The predicted molar refractivity (Wildman–Crippen MR) is 103 cm³/mol. The molecule has 1 amide bonds. The molecule has 0 spiro atoms. The van der Waals surface area contributed by atoms with Crippen LogP contribution in [0, 0.1) is 5.82 Å². The molecule has 0 aliphatic heterocycles. The summed E-state index contributed by atoms with van der Waals surface area (Å²) in [5, 5.41) is 7.07. The van der Waals surface area contributed by atoms with Crippen LogP contribution in [-0.2, 0) is 17.8 Å². The summed E-state index contributed by atoms with van der Waals surface area (Å²) < 4.78 is 42.5. The van der Waals surface area contributed by atoms with Gasteiger partial charge in [0, 0.05) is 12.6 Å². The van der Waals surface area contributed by atoms with E-state index in [0.29, 0.717) is 34.0 Å². The second-order valence-corrected chi connectivity index (χ2v) is 6.58. The lowest BCUT2D eigenvalue weighted by Gasteiger charge is -2.10. The highest BCUT2D eigenvalue weighted by molar-refractivity contribution is 5.79. The first-order valence-electron chi connectivity index (χ1n) is 9.10. The zero-order valence-corrected chi connectivity index (χ0v) is 15.9. The molecule has 154 valence electrons. The Kier molecular flexibility index (Phi) is 5.21. The molecule has 1 N–H and O–H groups in total. The van der Waals surface area contributed by atoms with Crippen LogP contribution in [0.3, 0.4) is 0 Å². The molecule has 4 rings (SSSR count). The van der Waals surface area contributed by atoms with Crippen molar-refractivity contribution in [2.75, 3.05) is 7.05 Å². The first-order valence-corrected chi connectivity index (χ1v) is 9.10. The molecule has 4 aromatic rings. The summed E-state index contributed by atoms with van der Waals surface area (Å²) in [6.07, 6.45) is 0.319. The summed E-state index contributed by atoms with van der Waals surface area (Å²) in [6.45, 7) is -0.571. The van der Waals surface area contributed by atoms with Gasteiger partial charge in [0.05, 0.1) is 42.6 Å². The number of benzene rings is 1. The molecule has 0 saturated heterocycles. The highest BCUT2D eigenvalue weighted by atomic mass is 19.3. The van der Waals surface area contributed by atoms with Crippen LogP contribution >= 0.6 is 0 Å². The number of aromatic nitrogens is 5. The van der Waals surface area contributed by atoms with E-state index in [1.165, 1.54) is 46.7 Å². The van der Waals surface area contributed by atoms with Crippen LogP contribution in [0.2, 0.25) is 0 Å². The third-order valence-corrected chi connectivity index (χ3v) is 4.59. The Morgan fingerprint density at radius 1 is 1.13 bits per heavy atom. The van der Waals surface area contributed by atoms with Gasteiger partial charge in [-0.3, -0.25) is 4.79 Å². The minimum atomic E-state index is -2.60. The van der Waals surface area contributed by atoms with Crippen molar-refractivity contribution in [2.24, 2.45) is 0 Å². The molecule has 7 nitrogen and oxygen atoms in total. The number of halogens is 3. The molecule has 0 saturated carbocycles. The van der Waals surface area contributed by atoms with Gasteiger partial charge in [0.2, 0.25) is 5.91 Å². The molecular formula is C20H17F3N6O. The fraction of sp³-hybridized carbons (Fsp3) is 0.200. The monoisotopic (exact) mass is 414 g/mol. The molecule has 0 fully saturated rings. The maximum absolute atomic E-state index is 13.3. The van der Waals surface area contributed by atoms with Crippen LogP contribution in [0.5, 0.6) is 0 Å². The van der Waals surface area contributed by atoms with Gasteiger partial charge >= 0.3 is 0 Å². The second kappa shape index (κ2) is 7.97. The Bertz CT molecular complexity index is 1200. The zero-order chi connectivity index (χ0) is 21.3. The van der Waals surface area contributed by atoms with E-state index < -0.39 is 18.8 Å². The van der Waals surface area contributed by atoms with E-state index in [-0.39, 0.29) is 12.3 Å². The van der Waals surface area contributed by atoms with Crippen molar-refractivity contribution in [3.8, 4) is 22.6 Å². The van der Waals surface area contributed by atoms with Crippen LogP contribution in [0.15, 0.2) is 48.9 Å². The maximum Gasteiger partial charge on any atom is 0.256 e. The lowest BCUT2D eigenvalue weighted by molar-refractivity contribution is -0.120. The smallest absolute Gasteiger partial charge is 0.256 e. The lowest BCUT2D eigenvalue weighted by atomic mass is 10.1. The Morgan fingerprint density at radius 2 is 1.90 bits per heavy atom. The van der Waals surface area contributed by atoms with Crippen molar-refractivity contribution in [3.63, 3.8) is 0 Å². The minimum absolute atomic E-state index is 0.0647. The molecule has 0 radical (unpaired) electrons. The number of imidazole rings is 2. The molecule has 30 heavy (non-hydrogen) atoms. The zero-order valence-electron chi connectivity index (χ0n) is 15.9. The van der Waals surface area contributed by atoms with Gasteiger partial charge in [0.15, 0.2) is 5.65 Å². The molecular weight excluding hydrogens is 397 g/mol.